The van der Waals surface area contributed by atoms with Gasteiger partial charge in [0.05, 0.1) is 6.20 Å². The summed E-state index contributed by atoms with van der Waals surface area (Å²) in [6.45, 7) is 5.77. The van der Waals surface area contributed by atoms with E-state index in [1.807, 2.05) is 37.4 Å². The van der Waals surface area contributed by atoms with Crippen molar-refractivity contribution in [1.29, 1.82) is 0 Å². The van der Waals surface area contributed by atoms with Gasteiger partial charge in [0.2, 0.25) is 5.91 Å². The number of nitrogens with zero attached hydrogens (tertiary/aromatic N) is 1. The van der Waals surface area contributed by atoms with Crippen molar-refractivity contribution in [1.82, 2.24) is 15.5 Å². The standard InChI is InChI=1S/C19H21ClN4O/c1-4-16(20)8-5-13(2)18(21-3)19(25)24-17-9-6-14(7-10-17)15-11-22-23-12-15/h4-12,18,21H,2H2,1,3H3,(H,22,23)(H,24,25)/b8-5-,16-4+/t18-/m1/s1. The molecule has 0 unspecified atom stereocenters. The number of benzene rings is 1. The van der Waals surface area contributed by atoms with Crippen LogP contribution in [0.1, 0.15) is 6.92 Å². The highest BCUT2D eigenvalue weighted by Gasteiger charge is 2.18. The highest BCUT2D eigenvalue weighted by molar-refractivity contribution is 6.31. The van der Waals surface area contributed by atoms with Crippen LogP contribution in [0.4, 0.5) is 5.69 Å². The monoisotopic (exact) mass is 356 g/mol. The van der Waals surface area contributed by atoms with Crippen molar-refractivity contribution in [3.63, 3.8) is 0 Å². The van der Waals surface area contributed by atoms with Gasteiger partial charge in [0.25, 0.3) is 0 Å². The lowest BCUT2D eigenvalue weighted by molar-refractivity contribution is -0.117. The Balaban J connectivity index is 2.04. The summed E-state index contributed by atoms with van der Waals surface area (Å²) >= 11 is 5.93. The number of likely N-dealkylation sites (N-methyl/N-ethyl adjacent to an activating group) is 1. The number of anilines is 1. The minimum atomic E-state index is -0.550. The molecule has 1 atom stereocenters. The van der Waals surface area contributed by atoms with Crippen LogP contribution in [0.25, 0.3) is 11.1 Å². The molecular weight excluding hydrogens is 336 g/mol. The van der Waals surface area contributed by atoms with Crippen LogP contribution in [0.2, 0.25) is 0 Å². The number of halogens is 1. The fourth-order valence-corrected chi connectivity index (χ4v) is 2.30. The average molecular weight is 357 g/mol. The van der Waals surface area contributed by atoms with E-state index in [0.29, 0.717) is 16.3 Å². The quantitative estimate of drug-likeness (QED) is 0.660. The average Bonchev–Trinajstić information content (AvgIpc) is 3.15. The summed E-state index contributed by atoms with van der Waals surface area (Å²) < 4.78 is 0. The van der Waals surface area contributed by atoms with E-state index in [9.17, 15) is 4.79 Å². The molecule has 1 amide bonds. The largest absolute Gasteiger partial charge is 0.324 e. The lowest BCUT2D eigenvalue weighted by Gasteiger charge is -2.16. The molecule has 0 spiro atoms. The van der Waals surface area contributed by atoms with Crippen molar-refractivity contribution in [3.05, 3.63) is 72.1 Å². The highest BCUT2D eigenvalue weighted by atomic mass is 35.5. The van der Waals surface area contributed by atoms with Gasteiger partial charge in [-0.25, -0.2) is 0 Å². The number of H-pyrrole nitrogens is 1. The summed E-state index contributed by atoms with van der Waals surface area (Å²) in [5.74, 6) is -0.190. The Hall–Kier alpha value is -2.63. The van der Waals surface area contributed by atoms with Gasteiger partial charge in [0, 0.05) is 22.5 Å². The van der Waals surface area contributed by atoms with Crippen molar-refractivity contribution < 1.29 is 4.79 Å². The molecule has 3 N–H and O–H groups in total. The van der Waals surface area contributed by atoms with Crippen LogP contribution >= 0.6 is 11.6 Å². The zero-order valence-electron chi connectivity index (χ0n) is 14.2. The Labute approximate surface area is 152 Å². The van der Waals surface area contributed by atoms with Crippen LogP contribution in [0.15, 0.2) is 72.1 Å². The molecule has 5 nitrogen and oxygen atoms in total. The summed E-state index contributed by atoms with van der Waals surface area (Å²) in [5, 5.41) is 13.1. The first-order valence-corrected chi connectivity index (χ1v) is 8.19. The maximum absolute atomic E-state index is 12.5. The molecule has 1 aromatic heterocycles. The molecule has 1 heterocycles. The summed E-state index contributed by atoms with van der Waals surface area (Å²) in [4.78, 5) is 12.5. The van der Waals surface area contributed by atoms with Crippen molar-refractivity contribution in [3.8, 4) is 11.1 Å². The van der Waals surface area contributed by atoms with Gasteiger partial charge < -0.3 is 10.6 Å². The van der Waals surface area contributed by atoms with E-state index in [2.05, 4.69) is 27.4 Å². The molecule has 130 valence electrons. The van der Waals surface area contributed by atoms with Crippen molar-refractivity contribution >= 4 is 23.2 Å². The molecule has 0 aliphatic carbocycles. The third-order valence-corrected chi connectivity index (χ3v) is 3.98. The van der Waals surface area contributed by atoms with Gasteiger partial charge in [-0.15, -0.1) is 0 Å². The van der Waals surface area contributed by atoms with Crippen LogP contribution in [-0.2, 0) is 4.79 Å². The zero-order chi connectivity index (χ0) is 18.2. The summed E-state index contributed by atoms with van der Waals surface area (Å²) in [6.07, 6.45) is 8.77. The van der Waals surface area contributed by atoms with Crippen LogP contribution in [0, 0.1) is 0 Å². The van der Waals surface area contributed by atoms with E-state index in [1.165, 1.54) is 0 Å². The molecule has 25 heavy (non-hydrogen) atoms. The molecule has 0 aliphatic heterocycles. The molecule has 0 fully saturated rings. The minimum absolute atomic E-state index is 0.190. The second-order valence-electron chi connectivity index (χ2n) is 5.36. The molecule has 0 saturated carbocycles. The van der Waals surface area contributed by atoms with Crippen molar-refractivity contribution in [2.45, 2.75) is 13.0 Å². The molecule has 0 aliphatic rings. The van der Waals surface area contributed by atoms with Gasteiger partial charge in [-0.05, 0) is 43.3 Å². The number of amides is 1. The third-order valence-electron chi connectivity index (χ3n) is 3.64. The topological polar surface area (TPSA) is 69.8 Å². The summed E-state index contributed by atoms with van der Waals surface area (Å²) in [5.41, 5.74) is 3.34. The Morgan fingerprint density at radius 3 is 2.56 bits per heavy atom. The number of aromatic nitrogens is 2. The van der Waals surface area contributed by atoms with Crippen LogP contribution in [0.3, 0.4) is 0 Å². The second kappa shape index (κ2) is 9.01. The van der Waals surface area contributed by atoms with Gasteiger partial charge in [-0.3, -0.25) is 9.89 Å². The number of carbonyl (C=O) groups excluding carboxylic acids is 1. The number of nitrogens with one attached hydrogen (secondary N) is 3. The van der Waals surface area contributed by atoms with E-state index in [1.54, 1.807) is 31.5 Å². The first-order valence-electron chi connectivity index (χ1n) is 7.81. The molecule has 0 radical (unpaired) electrons. The Morgan fingerprint density at radius 1 is 1.28 bits per heavy atom. The molecular formula is C19H21ClN4O. The zero-order valence-corrected chi connectivity index (χ0v) is 15.0. The lowest BCUT2D eigenvalue weighted by Crippen LogP contribution is -2.39. The number of carbonyl (C=O) groups is 1. The second-order valence-corrected chi connectivity index (χ2v) is 5.79. The SMILES string of the molecule is C=C(/C=C\C(Cl)=C/C)[C@@H](NC)C(=O)Nc1ccc(-c2cn[nH]c2)cc1. The normalized spacial score (nSPS) is 13.0. The Bertz CT molecular complexity index is 776. The predicted molar refractivity (Wildman–Crippen MR) is 103 cm³/mol. The smallest absolute Gasteiger partial charge is 0.246 e. The van der Waals surface area contributed by atoms with E-state index in [-0.39, 0.29) is 5.91 Å². The van der Waals surface area contributed by atoms with Gasteiger partial charge in [0.1, 0.15) is 6.04 Å². The number of hydrogen-bond donors (Lipinski definition) is 3. The van der Waals surface area contributed by atoms with Gasteiger partial charge in [-0.2, -0.15) is 5.10 Å². The van der Waals surface area contributed by atoms with Gasteiger partial charge >= 0.3 is 0 Å². The van der Waals surface area contributed by atoms with E-state index in [4.69, 9.17) is 11.6 Å². The maximum atomic E-state index is 12.5. The molecule has 6 heteroatoms. The minimum Gasteiger partial charge on any atom is -0.324 e. The van der Waals surface area contributed by atoms with Crippen LogP contribution in [-0.4, -0.2) is 29.2 Å². The molecule has 1 aromatic carbocycles. The number of hydrogen-bond acceptors (Lipinski definition) is 3. The fraction of sp³-hybridized carbons (Fsp3) is 0.158. The Kier molecular flexibility index (Phi) is 6.74. The summed E-state index contributed by atoms with van der Waals surface area (Å²) in [6, 6.07) is 7.00. The van der Waals surface area contributed by atoms with Crippen molar-refractivity contribution in [2.24, 2.45) is 0 Å². The third kappa shape index (κ3) is 5.17. The number of allylic oxidation sites excluding steroid dienone is 3. The van der Waals surface area contributed by atoms with Crippen molar-refractivity contribution in [2.75, 3.05) is 12.4 Å². The maximum Gasteiger partial charge on any atom is 0.246 e. The molecule has 0 bridgehead atoms. The lowest BCUT2D eigenvalue weighted by atomic mass is 10.1. The predicted octanol–water partition coefficient (Wildman–Crippen LogP) is 3.86. The van der Waals surface area contributed by atoms with E-state index in [0.717, 1.165) is 11.1 Å². The van der Waals surface area contributed by atoms with E-state index < -0.39 is 6.04 Å². The first-order chi connectivity index (χ1) is 12.0. The number of rotatable bonds is 7. The molecule has 0 saturated heterocycles. The molecule has 2 rings (SSSR count). The van der Waals surface area contributed by atoms with Gasteiger partial charge in [0.15, 0.2) is 0 Å². The van der Waals surface area contributed by atoms with Gasteiger partial charge in [-0.1, -0.05) is 42.5 Å². The Morgan fingerprint density at radius 2 is 2.00 bits per heavy atom. The first kappa shape index (κ1) is 18.7. The fourth-order valence-electron chi connectivity index (χ4n) is 2.23. The number of aromatic amines is 1. The van der Waals surface area contributed by atoms with E-state index >= 15 is 0 Å². The molecule has 2 aromatic rings. The van der Waals surface area contributed by atoms with Crippen LogP contribution in [0.5, 0.6) is 0 Å². The highest BCUT2D eigenvalue weighted by Crippen LogP contribution is 2.20. The van der Waals surface area contributed by atoms with Crippen LogP contribution < -0.4 is 10.6 Å². The summed E-state index contributed by atoms with van der Waals surface area (Å²) in [7, 11) is 1.71.